The van der Waals surface area contributed by atoms with Gasteiger partial charge in [0, 0.05) is 12.0 Å². The van der Waals surface area contributed by atoms with E-state index in [1.165, 1.54) is 18.4 Å². The predicted octanol–water partition coefficient (Wildman–Crippen LogP) is 4.59. The molecule has 0 aliphatic heterocycles. The van der Waals surface area contributed by atoms with Gasteiger partial charge in [-0.15, -0.1) is 10.2 Å². The van der Waals surface area contributed by atoms with Crippen molar-refractivity contribution in [3.8, 4) is 22.1 Å². The summed E-state index contributed by atoms with van der Waals surface area (Å²) in [7, 11) is 3.12. The van der Waals surface area contributed by atoms with Gasteiger partial charge in [0.15, 0.2) is 0 Å². The molecule has 0 radical (unpaired) electrons. The normalized spacial score (nSPS) is 11.3. The van der Waals surface area contributed by atoms with Crippen molar-refractivity contribution in [1.82, 2.24) is 15.5 Å². The Bertz CT molecular complexity index is 1310. The summed E-state index contributed by atoms with van der Waals surface area (Å²) < 4.78 is 10.5. The van der Waals surface area contributed by atoms with Gasteiger partial charge in [0.2, 0.25) is 11.0 Å². The molecule has 184 valence electrons. The first-order chi connectivity index (χ1) is 17.6. The van der Waals surface area contributed by atoms with Gasteiger partial charge in [-0.1, -0.05) is 53.8 Å². The highest BCUT2D eigenvalue weighted by atomic mass is 32.1. The summed E-state index contributed by atoms with van der Waals surface area (Å²) >= 11 is 1.24. The molecular weight excluding hydrogens is 478 g/mol. The maximum Gasteiger partial charge on any atom is 0.320 e. The summed E-state index contributed by atoms with van der Waals surface area (Å²) in [4.78, 5) is 26.0. The first-order valence-corrected chi connectivity index (χ1v) is 11.9. The number of benzene rings is 3. The zero-order chi connectivity index (χ0) is 25.3. The van der Waals surface area contributed by atoms with Crippen molar-refractivity contribution in [2.75, 3.05) is 24.9 Å². The second-order valence-electron chi connectivity index (χ2n) is 7.67. The van der Waals surface area contributed by atoms with Crippen LogP contribution in [0.1, 0.15) is 5.56 Å². The SMILES string of the molecule is COc1ccc(-c2nnc(NC(=O)C(Cc3ccccc3)NC(=O)Nc3ccccc3OC)s2)cc1. The van der Waals surface area contributed by atoms with E-state index in [9.17, 15) is 9.59 Å². The molecular formula is C26H25N5O4S. The molecule has 9 nitrogen and oxygen atoms in total. The van der Waals surface area contributed by atoms with Crippen molar-refractivity contribution in [3.63, 3.8) is 0 Å². The Labute approximate surface area is 212 Å². The molecule has 0 aliphatic rings. The van der Waals surface area contributed by atoms with Crippen LogP contribution in [0.25, 0.3) is 10.6 Å². The van der Waals surface area contributed by atoms with E-state index in [-0.39, 0.29) is 6.42 Å². The van der Waals surface area contributed by atoms with E-state index in [1.54, 1.807) is 31.4 Å². The highest BCUT2D eigenvalue weighted by Gasteiger charge is 2.23. The zero-order valence-electron chi connectivity index (χ0n) is 19.7. The molecule has 1 atom stereocenters. The molecule has 4 aromatic rings. The molecule has 0 saturated heterocycles. The fourth-order valence-corrected chi connectivity index (χ4v) is 4.19. The zero-order valence-corrected chi connectivity index (χ0v) is 20.5. The number of anilines is 2. The van der Waals surface area contributed by atoms with E-state index in [0.717, 1.165) is 16.9 Å². The number of methoxy groups -OCH3 is 2. The third-order valence-corrected chi connectivity index (χ3v) is 6.14. The van der Waals surface area contributed by atoms with Crippen LogP contribution in [-0.2, 0) is 11.2 Å². The van der Waals surface area contributed by atoms with E-state index in [1.807, 2.05) is 54.6 Å². The number of hydrogen-bond donors (Lipinski definition) is 3. The maximum atomic E-state index is 13.2. The van der Waals surface area contributed by atoms with E-state index < -0.39 is 18.0 Å². The fourth-order valence-electron chi connectivity index (χ4n) is 3.44. The number of para-hydroxylation sites is 2. The highest BCUT2D eigenvalue weighted by molar-refractivity contribution is 7.18. The van der Waals surface area contributed by atoms with Gasteiger partial charge < -0.3 is 20.1 Å². The largest absolute Gasteiger partial charge is 0.497 e. The van der Waals surface area contributed by atoms with Crippen molar-refractivity contribution in [1.29, 1.82) is 0 Å². The topological polar surface area (TPSA) is 114 Å². The standard InChI is InChI=1S/C26H25N5O4S/c1-34-19-14-12-18(13-15-19)24-30-31-26(36-24)29-23(32)21(16-17-8-4-3-5-9-17)28-25(33)27-20-10-6-7-11-22(20)35-2/h3-15,21H,16H2,1-2H3,(H2,27,28,33)(H,29,31,32). The number of carbonyl (C=O) groups is 2. The van der Waals surface area contributed by atoms with Gasteiger partial charge in [0.05, 0.1) is 19.9 Å². The Balaban J connectivity index is 1.47. The summed E-state index contributed by atoms with van der Waals surface area (Å²) in [6.45, 7) is 0. The molecule has 0 aliphatic carbocycles. The van der Waals surface area contributed by atoms with E-state index in [4.69, 9.17) is 9.47 Å². The summed E-state index contributed by atoms with van der Waals surface area (Å²) in [5, 5.41) is 17.5. The maximum absolute atomic E-state index is 13.2. The average Bonchev–Trinajstić information content (AvgIpc) is 3.37. The number of amides is 3. The third-order valence-electron chi connectivity index (χ3n) is 5.25. The van der Waals surface area contributed by atoms with Crippen molar-refractivity contribution in [2.24, 2.45) is 0 Å². The van der Waals surface area contributed by atoms with Crippen LogP contribution in [-0.4, -0.2) is 42.4 Å². The Morgan fingerprint density at radius 1 is 0.861 bits per heavy atom. The third kappa shape index (κ3) is 6.36. The summed E-state index contributed by atoms with van der Waals surface area (Å²) in [6.07, 6.45) is 0.288. The van der Waals surface area contributed by atoms with Crippen LogP contribution >= 0.6 is 11.3 Å². The fraction of sp³-hybridized carbons (Fsp3) is 0.154. The van der Waals surface area contributed by atoms with Crippen LogP contribution in [0.15, 0.2) is 78.9 Å². The molecule has 3 aromatic carbocycles. The molecule has 0 bridgehead atoms. The van der Waals surface area contributed by atoms with E-state index >= 15 is 0 Å². The molecule has 0 saturated carbocycles. The summed E-state index contributed by atoms with van der Waals surface area (Å²) in [5.41, 5.74) is 2.24. The van der Waals surface area contributed by atoms with E-state index in [0.29, 0.717) is 21.6 Å². The first kappa shape index (κ1) is 24.7. The number of carbonyl (C=O) groups excluding carboxylic acids is 2. The molecule has 1 heterocycles. The van der Waals surface area contributed by atoms with Gasteiger partial charge in [0.25, 0.3) is 0 Å². The molecule has 10 heteroatoms. The molecule has 0 fully saturated rings. The lowest BCUT2D eigenvalue weighted by atomic mass is 10.1. The van der Waals surface area contributed by atoms with Crippen LogP contribution in [0.3, 0.4) is 0 Å². The first-order valence-electron chi connectivity index (χ1n) is 11.1. The lowest BCUT2D eigenvalue weighted by Crippen LogP contribution is -2.47. The van der Waals surface area contributed by atoms with Crippen LogP contribution in [0.2, 0.25) is 0 Å². The Hall–Kier alpha value is -4.44. The minimum atomic E-state index is -0.865. The lowest BCUT2D eigenvalue weighted by molar-refractivity contribution is -0.117. The molecule has 4 rings (SSSR count). The number of nitrogens with one attached hydrogen (secondary N) is 3. The molecule has 3 N–H and O–H groups in total. The van der Waals surface area contributed by atoms with Gasteiger partial charge >= 0.3 is 6.03 Å². The molecule has 0 spiro atoms. The number of hydrogen-bond acceptors (Lipinski definition) is 7. The minimum Gasteiger partial charge on any atom is -0.497 e. The average molecular weight is 504 g/mol. The number of nitrogens with zero attached hydrogens (tertiary/aromatic N) is 2. The van der Waals surface area contributed by atoms with Crippen LogP contribution in [0, 0.1) is 0 Å². The summed E-state index contributed by atoms with van der Waals surface area (Å²) in [5.74, 6) is 0.834. The van der Waals surface area contributed by atoms with E-state index in [2.05, 4.69) is 26.1 Å². The minimum absolute atomic E-state index is 0.288. The second-order valence-corrected chi connectivity index (χ2v) is 8.65. The highest BCUT2D eigenvalue weighted by Crippen LogP contribution is 2.28. The number of aromatic nitrogens is 2. The van der Waals surface area contributed by atoms with Gasteiger partial charge in [-0.3, -0.25) is 10.1 Å². The van der Waals surface area contributed by atoms with Crippen molar-refractivity contribution in [3.05, 3.63) is 84.4 Å². The molecule has 36 heavy (non-hydrogen) atoms. The van der Waals surface area contributed by atoms with Crippen LogP contribution in [0.4, 0.5) is 15.6 Å². The number of ether oxygens (including phenoxy) is 2. The van der Waals surface area contributed by atoms with Crippen molar-refractivity contribution in [2.45, 2.75) is 12.5 Å². The van der Waals surface area contributed by atoms with Gasteiger partial charge in [0.1, 0.15) is 22.5 Å². The monoisotopic (exact) mass is 503 g/mol. The molecule has 3 amide bonds. The molecule has 1 aromatic heterocycles. The smallest absolute Gasteiger partial charge is 0.320 e. The Morgan fingerprint density at radius 2 is 1.58 bits per heavy atom. The number of urea groups is 1. The van der Waals surface area contributed by atoms with Crippen LogP contribution in [0.5, 0.6) is 11.5 Å². The summed E-state index contributed by atoms with van der Waals surface area (Å²) in [6, 6.07) is 22.5. The van der Waals surface area contributed by atoms with Gasteiger partial charge in [-0.2, -0.15) is 0 Å². The molecule has 1 unspecified atom stereocenters. The van der Waals surface area contributed by atoms with Gasteiger partial charge in [-0.25, -0.2) is 4.79 Å². The quantitative estimate of drug-likeness (QED) is 0.308. The van der Waals surface area contributed by atoms with Crippen LogP contribution < -0.4 is 25.4 Å². The Kier molecular flexibility index (Phi) is 8.09. The Morgan fingerprint density at radius 3 is 2.31 bits per heavy atom. The number of rotatable bonds is 9. The van der Waals surface area contributed by atoms with Gasteiger partial charge in [-0.05, 0) is 42.0 Å². The van der Waals surface area contributed by atoms with Crippen molar-refractivity contribution >= 4 is 34.1 Å². The van der Waals surface area contributed by atoms with Crippen molar-refractivity contribution < 1.29 is 19.1 Å². The second kappa shape index (κ2) is 11.8. The predicted molar refractivity (Wildman–Crippen MR) is 140 cm³/mol. The lowest BCUT2D eigenvalue weighted by Gasteiger charge is -2.19.